The van der Waals surface area contributed by atoms with Gasteiger partial charge in [-0.2, -0.15) is 15.0 Å². The van der Waals surface area contributed by atoms with Gasteiger partial charge in [-0.05, 0) is 24.3 Å². The first kappa shape index (κ1) is 12.3. The summed E-state index contributed by atoms with van der Waals surface area (Å²) in [5.41, 5.74) is 1.22. The summed E-state index contributed by atoms with van der Waals surface area (Å²) in [4.78, 5) is 13.3. The van der Waals surface area contributed by atoms with Crippen LogP contribution in [0.2, 0.25) is 0 Å². The lowest BCUT2D eigenvalue weighted by atomic mass is 9.95. The number of carbonyl (C=O) groups is 1. The molecule has 0 saturated carbocycles. The van der Waals surface area contributed by atoms with Gasteiger partial charge >= 0.3 is 0 Å². The SMILES string of the molecule is CC(C)(C)C(=O)Nc1ccc(-n2nccn2)cc1. The number of nitrogens with zero attached hydrogens (tertiary/aromatic N) is 3. The highest BCUT2D eigenvalue weighted by atomic mass is 16.2. The van der Waals surface area contributed by atoms with Gasteiger partial charge in [0, 0.05) is 11.1 Å². The maximum atomic E-state index is 11.8. The maximum absolute atomic E-state index is 11.8. The Labute approximate surface area is 106 Å². The van der Waals surface area contributed by atoms with Gasteiger partial charge in [0.2, 0.25) is 5.91 Å². The summed E-state index contributed by atoms with van der Waals surface area (Å²) in [5.74, 6) is -0.00698. The Morgan fingerprint density at radius 2 is 1.67 bits per heavy atom. The van der Waals surface area contributed by atoms with E-state index in [1.807, 2.05) is 45.0 Å². The average molecular weight is 244 g/mol. The normalized spacial score (nSPS) is 11.3. The van der Waals surface area contributed by atoms with E-state index in [0.717, 1.165) is 11.4 Å². The zero-order valence-electron chi connectivity index (χ0n) is 10.7. The van der Waals surface area contributed by atoms with Gasteiger partial charge in [0.25, 0.3) is 0 Å². The highest BCUT2D eigenvalue weighted by Crippen LogP contribution is 2.18. The number of anilines is 1. The van der Waals surface area contributed by atoms with E-state index in [0.29, 0.717) is 0 Å². The Morgan fingerprint density at radius 3 is 2.17 bits per heavy atom. The third-order valence-electron chi connectivity index (χ3n) is 2.46. The van der Waals surface area contributed by atoms with Crippen molar-refractivity contribution < 1.29 is 4.79 Å². The molecule has 5 nitrogen and oxygen atoms in total. The Morgan fingerprint density at radius 1 is 1.11 bits per heavy atom. The molecular weight excluding hydrogens is 228 g/mol. The van der Waals surface area contributed by atoms with Crippen LogP contribution in [0.5, 0.6) is 0 Å². The van der Waals surface area contributed by atoms with E-state index in [1.54, 1.807) is 12.4 Å². The van der Waals surface area contributed by atoms with E-state index >= 15 is 0 Å². The quantitative estimate of drug-likeness (QED) is 0.881. The summed E-state index contributed by atoms with van der Waals surface area (Å²) in [6, 6.07) is 7.39. The lowest BCUT2D eigenvalue weighted by Crippen LogP contribution is -2.27. The molecule has 0 unspecified atom stereocenters. The predicted molar refractivity (Wildman–Crippen MR) is 69.4 cm³/mol. The van der Waals surface area contributed by atoms with Gasteiger partial charge in [-0.1, -0.05) is 20.8 Å². The molecule has 1 aromatic carbocycles. The fourth-order valence-electron chi connectivity index (χ4n) is 1.35. The molecule has 1 N–H and O–H groups in total. The van der Waals surface area contributed by atoms with Crippen LogP contribution in [-0.4, -0.2) is 20.9 Å². The number of rotatable bonds is 2. The molecule has 1 heterocycles. The molecule has 0 radical (unpaired) electrons. The van der Waals surface area contributed by atoms with Crippen molar-refractivity contribution in [2.75, 3.05) is 5.32 Å². The van der Waals surface area contributed by atoms with E-state index in [2.05, 4.69) is 15.5 Å². The molecule has 0 spiro atoms. The fourth-order valence-corrected chi connectivity index (χ4v) is 1.35. The Bertz CT molecular complexity index is 523. The molecule has 0 fully saturated rings. The second kappa shape index (κ2) is 4.60. The zero-order chi connectivity index (χ0) is 13.2. The minimum absolute atomic E-state index is 0.00698. The summed E-state index contributed by atoms with van der Waals surface area (Å²) in [6.45, 7) is 5.64. The second-order valence-corrected chi connectivity index (χ2v) is 5.07. The van der Waals surface area contributed by atoms with E-state index in [-0.39, 0.29) is 5.91 Å². The summed E-state index contributed by atoms with van der Waals surface area (Å²) in [5, 5.41) is 10.9. The molecule has 0 aliphatic heterocycles. The third kappa shape index (κ3) is 2.74. The maximum Gasteiger partial charge on any atom is 0.229 e. The Balaban J connectivity index is 2.12. The summed E-state index contributed by atoms with van der Waals surface area (Å²) in [7, 11) is 0. The van der Waals surface area contributed by atoms with Crippen LogP contribution in [0.25, 0.3) is 5.69 Å². The van der Waals surface area contributed by atoms with Crippen LogP contribution in [0.15, 0.2) is 36.7 Å². The summed E-state index contributed by atoms with van der Waals surface area (Å²) < 4.78 is 0. The highest BCUT2D eigenvalue weighted by molar-refractivity contribution is 5.94. The first-order valence-corrected chi connectivity index (χ1v) is 5.75. The number of hydrogen-bond acceptors (Lipinski definition) is 3. The van der Waals surface area contributed by atoms with Crippen molar-refractivity contribution in [1.29, 1.82) is 0 Å². The van der Waals surface area contributed by atoms with Crippen molar-refractivity contribution in [2.45, 2.75) is 20.8 Å². The van der Waals surface area contributed by atoms with Crippen LogP contribution in [0, 0.1) is 5.41 Å². The predicted octanol–water partition coefficient (Wildman–Crippen LogP) is 2.25. The smallest absolute Gasteiger partial charge is 0.229 e. The fraction of sp³-hybridized carbons (Fsp3) is 0.308. The van der Waals surface area contributed by atoms with Gasteiger partial charge < -0.3 is 5.32 Å². The first-order chi connectivity index (χ1) is 8.47. The molecule has 0 saturated heterocycles. The molecular formula is C13H16N4O. The van der Waals surface area contributed by atoms with Crippen LogP contribution >= 0.6 is 0 Å². The molecule has 0 bridgehead atoms. The molecule has 2 rings (SSSR count). The van der Waals surface area contributed by atoms with Crippen molar-refractivity contribution >= 4 is 11.6 Å². The van der Waals surface area contributed by atoms with E-state index in [1.165, 1.54) is 4.80 Å². The largest absolute Gasteiger partial charge is 0.326 e. The summed E-state index contributed by atoms with van der Waals surface area (Å²) in [6.07, 6.45) is 3.24. The van der Waals surface area contributed by atoms with Crippen LogP contribution in [-0.2, 0) is 4.79 Å². The molecule has 1 aromatic heterocycles. The minimum atomic E-state index is -0.401. The summed E-state index contributed by atoms with van der Waals surface area (Å²) >= 11 is 0. The molecule has 0 aliphatic carbocycles. The topological polar surface area (TPSA) is 59.8 Å². The van der Waals surface area contributed by atoms with Gasteiger partial charge in [-0.25, -0.2) is 0 Å². The molecule has 2 aromatic rings. The molecule has 5 heteroatoms. The second-order valence-electron chi connectivity index (χ2n) is 5.07. The first-order valence-electron chi connectivity index (χ1n) is 5.75. The monoisotopic (exact) mass is 244 g/mol. The lowest BCUT2D eigenvalue weighted by Gasteiger charge is -2.17. The van der Waals surface area contributed by atoms with Gasteiger partial charge in [0.1, 0.15) is 0 Å². The molecule has 18 heavy (non-hydrogen) atoms. The number of carbonyl (C=O) groups excluding carboxylic acids is 1. The van der Waals surface area contributed by atoms with Crippen molar-refractivity contribution in [1.82, 2.24) is 15.0 Å². The van der Waals surface area contributed by atoms with Gasteiger partial charge in [0.15, 0.2) is 0 Å². The lowest BCUT2D eigenvalue weighted by molar-refractivity contribution is -0.123. The van der Waals surface area contributed by atoms with Gasteiger partial charge in [-0.15, -0.1) is 0 Å². The average Bonchev–Trinajstić information content (AvgIpc) is 2.82. The standard InChI is InChI=1S/C13H16N4O/c1-13(2,3)12(18)16-10-4-6-11(7-5-10)17-14-8-9-15-17/h4-9H,1-3H3,(H,16,18). The van der Waals surface area contributed by atoms with Crippen molar-refractivity contribution in [3.8, 4) is 5.69 Å². The number of benzene rings is 1. The van der Waals surface area contributed by atoms with Crippen LogP contribution in [0.1, 0.15) is 20.8 Å². The van der Waals surface area contributed by atoms with Gasteiger partial charge in [0.05, 0.1) is 18.1 Å². The van der Waals surface area contributed by atoms with Crippen molar-refractivity contribution in [3.63, 3.8) is 0 Å². The van der Waals surface area contributed by atoms with Crippen LogP contribution in [0.3, 0.4) is 0 Å². The van der Waals surface area contributed by atoms with Crippen LogP contribution < -0.4 is 5.32 Å². The van der Waals surface area contributed by atoms with Gasteiger partial charge in [-0.3, -0.25) is 4.79 Å². The number of aromatic nitrogens is 3. The number of nitrogens with one attached hydrogen (secondary N) is 1. The van der Waals surface area contributed by atoms with E-state index in [9.17, 15) is 4.79 Å². The van der Waals surface area contributed by atoms with E-state index < -0.39 is 5.41 Å². The zero-order valence-corrected chi connectivity index (χ0v) is 10.7. The Kier molecular flexibility index (Phi) is 3.14. The molecule has 0 aliphatic rings. The molecule has 94 valence electrons. The third-order valence-corrected chi connectivity index (χ3v) is 2.46. The van der Waals surface area contributed by atoms with Crippen LogP contribution in [0.4, 0.5) is 5.69 Å². The van der Waals surface area contributed by atoms with Crippen molar-refractivity contribution in [3.05, 3.63) is 36.7 Å². The molecule has 0 atom stereocenters. The number of amides is 1. The Hall–Kier alpha value is -2.17. The van der Waals surface area contributed by atoms with Crippen molar-refractivity contribution in [2.24, 2.45) is 5.41 Å². The molecule has 1 amide bonds. The highest BCUT2D eigenvalue weighted by Gasteiger charge is 2.20. The van der Waals surface area contributed by atoms with E-state index in [4.69, 9.17) is 0 Å². The minimum Gasteiger partial charge on any atom is -0.326 e. The number of hydrogen-bond donors (Lipinski definition) is 1.